The largest absolute Gasteiger partial charge is 0.449 e. The number of carbonyl (C=O) groups excluding carboxylic acids is 2. The fourth-order valence-corrected chi connectivity index (χ4v) is 3.17. The van der Waals surface area contributed by atoms with Crippen LogP contribution in [-0.4, -0.2) is 32.7 Å². The first-order valence-corrected chi connectivity index (χ1v) is 9.97. The standard InChI is InChI=1S/C18H18ClNO5S/c1-12(17(21)20-11-13-7-9-14(19)10-8-13)25-18(22)15-5-3-4-6-16(15)26(2,23)24/h3-10,12H,11H2,1-2H3,(H,20,21)/t12-/m1/s1. The Morgan fingerprint density at radius 1 is 1.12 bits per heavy atom. The third-order valence-corrected chi connectivity index (χ3v) is 4.95. The second-order valence-corrected chi connectivity index (χ2v) is 8.08. The molecule has 6 nitrogen and oxygen atoms in total. The Kier molecular flexibility index (Phi) is 6.39. The van der Waals surface area contributed by atoms with E-state index in [-0.39, 0.29) is 17.0 Å². The van der Waals surface area contributed by atoms with Crippen molar-refractivity contribution in [1.82, 2.24) is 5.32 Å². The monoisotopic (exact) mass is 395 g/mol. The molecule has 0 bridgehead atoms. The van der Waals surface area contributed by atoms with Crippen LogP contribution < -0.4 is 5.32 Å². The van der Waals surface area contributed by atoms with Crippen LogP contribution in [0.2, 0.25) is 5.02 Å². The molecule has 0 aromatic heterocycles. The van der Waals surface area contributed by atoms with Gasteiger partial charge in [-0.2, -0.15) is 0 Å². The Morgan fingerprint density at radius 2 is 1.73 bits per heavy atom. The van der Waals surface area contributed by atoms with Gasteiger partial charge in [-0.15, -0.1) is 0 Å². The number of ether oxygens (including phenoxy) is 1. The highest BCUT2D eigenvalue weighted by Gasteiger charge is 2.23. The number of sulfone groups is 1. The molecule has 0 heterocycles. The molecule has 0 unspecified atom stereocenters. The molecule has 0 saturated carbocycles. The van der Waals surface area contributed by atoms with Crippen molar-refractivity contribution in [3.8, 4) is 0 Å². The Morgan fingerprint density at radius 3 is 2.35 bits per heavy atom. The van der Waals surface area contributed by atoms with Crippen molar-refractivity contribution in [3.05, 3.63) is 64.7 Å². The van der Waals surface area contributed by atoms with E-state index >= 15 is 0 Å². The third kappa shape index (κ3) is 5.31. The van der Waals surface area contributed by atoms with Crippen LogP contribution in [0.3, 0.4) is 0 Å². The van der Waals surface area contributed by atoms with E-state index in [9.17, 15) is 18.0 Å². The predicted molar refractivity (Wildman–Crippen MR) is 97.7 cm³/mol. The first kappa shape index (κ1) is 19.9. The molecule has 1 amide bonds. The lowest BCUT2D eigenvalue weighted by Gasteiger charge is -2.14. The molecule has 0 aliphatic rings. The molecule has 0 radical (unpaired) electrons. The molecule has 0 fully saturated rings. The van der Waals surface area contributed by atoms with Crippen LogP contribution in [0.25, 0.3) is 0 Å². The Hall–Kier alpha value is -2.38. The van der Waals surface area contributed by atoms with E-state index in [0.717, 1.165) is 11.8 Å². The topological polar surface area (TPSA) is 89.5 Å². The van der Waals surface area contributed by atoms with E-state index in [0.29, 0.717) is 5.02 Å². The zero-order valence-corrected chi connectivity index (χ0v) is 15.8. The lowest BCUT2D eigenvalue weighted by Crippen LogP contribution is -2.35. The maximum Gasteiger partial charge on any atom is 0.340 e. The summed E-state index contributed by atoms with van der Waals surface area (Å²) in [6.07, 6.45) is -0.0797. The molecule has 0 saturated heterocycles. The molecule has 0 spiro atoms. The summed E-state index contributed by atoms with van der Waals surface area (Å²) in [5, 5.41) is 3.23. The van der Waals surface area contributed by atoms with Crippen molar-refractivity contribution in [2.24, 2.45) is 0 Å². The number of carbonyl (C=O) groups is 2. The first-order valence-electron chi connectivity index (χ1n) is 7.70. The normalized spacial score (nSPS) is 12.3. The molecule has 0 aliphatic heterocycles. The number of hydrogen-bond donors (Lipinski definition) is 1. The quantitative estimate of drug-likeness (QED) is 0.759. The van der Waals surface area contributed by atoms with Crippen molar-refractivity contribution < 1.29 is 22.7 Å². The van der Waals surface area contributed by atoms with Gasteiger partial charge in [-0.3, -0.25) is 4.79 Å². The Labute approximate surface area is 157 Å². The number of nitrogens with one attached hydrogen (secondary N) is 1. The molecule has 1 N–H and O–H groups in total. The summed E-state index contributed by atoms with van der Waals surface area (Å²) < 4.78 is 28.6. The highest BCUT2D eigenvalue weighted by Crippen LogP contribution is 2.17. The third-order valence-electron chi connectivity index (χ3n) is 3.54. The lowest BCUT2D eigenvalue weighted by atomic mass is 10.2. The summed E-state index contributed by atoms with van der Waals surface area (Å²) in [6.45, 7) is 1.66. The number of halogens is 1. The highest BCUT2D eigenvalue weighted by atomic mass is 35.5. The first-order chi connectivity index (χ1) is 12.2. The van der Waals surface area contributed by atoms with E-state index in [4.69, 9.17) is 16.3 Å². The van der Waals surface area contributed by atoms with Gasteiger partial charge in [0.05, 0.1) is 10.5 Å². The van der Waals surface area contributed by atoms with Crippen LogP contribution in [0.4, 0.5) is 0 Å². The summed E-state index contributed by atoms with van der Waals surface area (Å²) in [4.78, 5) is 24.2. The van der Waals surface area contributed by atoms with Gasteiger partial charge < -0.3 is 10.1 Å². The molecular formula is C18H18ClNO5S. The molecular weight excluding hydrogens is 378 g/mol. The molecule has 0 aliphatic carbocycles. The van der Waals surface area contributed by atoms with Gasteiger partial charge in [0, 0.05) is 17.8 Å². The lowest BCUT2D eigenvalue weighted by molar-refractivity contribution is -0.129. The van der Waals surface area contributed by atoms with Gasteiger partial charge >= 0.3 is 5.97 Å². The van der Waals surface area contributed by atoms with Crippen LogP contribution in [0, 0.1) is 0 Å². The smallest absolute Gasteiger partial charge is 0.340 e. The maximum absolute atomic E-state index is 12.3. The molecule has 26 heavy (non-hydrogen) atoms. The minimum atomic E-state index is -3.60. The van der Waals surface area contributed by atoms with Crippen molar-refractivity contribution in [3.63, 3.8) is 0 Å². The van der Waals surface area contributed by atoms with E-state index < -0.39 is 27.8 Å². The van der Waals surface area contributed by atoms with Crippen molar-refractivity contribution in [2.45, 2.75) is 24.5 Å². The fourth-order valence-electron chi connectivity index (χ4n) is 2.17. The van der Waals surface area contributed by atoms with E-state index in [1.165, 1.54) is 31.2 Å². The predicted octanol–water partition coefficient (Wildman–Crippen LogP) is 2.61. The number of esters is 1. The van der Waals surface area contributed by atoms with Crippen molar-refractivity contribution >= 4 is 33.3 Å². The Balaban J connectivity index is 2.00. The average molecular weight is 396 g/mol. The van der Waals surface area contributed by atoms with E-state index in [2.05, 4.69) is 5.32 Å². The molecule has 2 rings (SSSR count). The molecule has 8 heteroatoms. The van der Waals surface area contributed by atoms with Gasteiger partial charge in [0.2, 0.25) is 0 Å². The number of amides is 1. The summed E-state index contributed by atoms with van der Waals surface area (Å²) in [6, 6.07) is 12.6. The molecule has 138 valence electrons. The van der Waals surface area contributed by atoms with Gasteiger partial charge in [-0.05, 0) is 36.8 Å². The number of hydrogen-bond acceptors (Lipinski definition) is 5. The minimum absolute atomic E-state index is 0.104. The molecule has 2 aromatic carbocycles. The van der Waals surface area contributed by atoms with Crippen LogP contribution in [0.15, 0.2) is 53.4 Å². The van der Waals surface area contributed by atoms with Crippen LogP contribution in [0.5, 0.6) is 0 Å². The summed E-state index contributed by atoms with van der Waals surface area (Å²) in [5.41, 5.74) is 0.732. The number of rotatable bonds is 6. The van der Waals surface area contributed by atoms with Crippen molar-refractivity contribution in [1.29, 1.82) is 0 Å². The molecule has 2 aromatic rings. The van der Waals surface area contributed by atoms with Gasteiger partial charge in [0.15, 0.2) is 15.9 Å². The second-order valence-electron chi connectivity index (χ2n) is 5.66. The van der Waals surface area contributed by atoms with Crippen LogP contribution in [0.1, 0.15) is 22.8 Å². The average Bonchev–Trinajstić information content (AvgIpc) is 2.60. The highest BCUT2D eigenvalue weighted by molar-refractivity contribution is 7.90. The zero-order chi connectivity index (χ0) is 19.3. The van der Waals surface area contributed by atoms with E-state index in [1.54, 1.807) is 24.3 Å². The molecule has 1 atom stereocenters. The number of benzene rings is 2. The van der Waals surface area contributed by atoms with Gasteiger partial charge in [0.1, 0.15) is 0 Å². The van der Waals surface area contributed by atoms with Gasteiger partial charge in [-0.1, -0.05) is 35.9 Å². The van der Waals surface area contributed by atoms with Crippen LogP contribution in [-0.2, 0) is 25.9 Å². The summed E-state index contributed by atoms with van der Waals surface area (Å²) in [7, 11) is -3.60. The SMILES string of the molecule is C[C@@H](OC(=O)c1ccccc1S(C)(=O)=O)C(=O)NCc1ccc(Cl)cc1. The van der Waals surface area contributed by atoms with E-state index in [1.807, 2.05) is 0 Å². The summed E-state index contributed by atoms with van der Waals surface area (Å²) >= 11 is 5.80. The maximum atomic E-state index is 12.3. The zero-order valence-electron chi connectivity index (χ0n) is 14.2. The summed E-state index contributed by atoms with van der Waals surface area (Å²) in [5.74, 6) is -1.37. The van der Waals surface area contributed by atoms with Gasteiger partial charge in [0.25, 0.3) is 5.91 Å². The van der Waals surface area contributed by atoms with Crippen molar-refractivity contribution in [2.75, 3.05) is 6.26 Å². The second kappa shape index (κ2) is 8.33. The fraction of sp³-hybridized carbons (Fsp3) is 0.222. The Bertz CT molecular complexity index is 909. The minimum Gasteiger partial charge on any atom is -0.449 e. The van der Waals surface area contributed by atoms with Crippen LogP contribution >= 0.6 is 11.6 Å². The van der Waals surface area contributed by atoms with Gasteiger partial charge in [-0.25, -0.2) is 13.2 Å².